The zero-order valence-corrected chi connectivity index (χ0v) is 25.4. The van der Waals surface area contributed by atoms with Gasteiger partial charge in [-0.05, 0) is 75.5 Å². The van der Waals surface area contributed by atoms with E-state index in [2.05, 4.69) is 120 Å². The zero-order chi connectivity index (χ0) is 25.6. The molecule has 33 heavy (non-hydrogen) atoms. The number of allylic oxidation sites excluding steroid dienone is 7. The summed E-state index contributed by atoms with van der Waals surface area (Å²) >= 11 is 0. The predicted octanol–water partition coefficient (Wildman–Crippen LogP) is 10.3. The van der Waals surface area contributed by atoms with Crippen molar-refractivity contribution in [2.75, 3.05) is 6.66 Å². The van der Waals surface area contributed by atoms with Gasteiger partial charge in [0.05, 0.1) is 0 Å². The highest BCUT2D eigenvalue weighted by Gasteiger charge is 2.46. The fraction of sp³-hybridized carbons (Fsp3) is 0.719. The second-order valence-electron chi connectivity index (χ2n) is 12.4. The maximum absolute atomic E-state index is 4.51. The van der Waals surface area contributed by atoms with E-state index < -0.39 is 7.55 Å². The fourth-order valence-electron chi connectivity index (χ4n) is 6.40. The van der Waals surface area contributed by atoms with Crippen LogP contribution in [0.2, 0.25) is 0 Å². The zero-order valence-electron chi connectivity index (χ0n) is 24.4. The molecule has 0 aromatic carbocycles. The first-order valence-electron chi connectivity index (χ1n) is 13.6. The third kappa shape index (κ3) is 7.37. The van der Waals surface area contributed by atoms with Crippen molar-refractivity contribution < 1.29 is 0 Å². The minimum atomic E-state index is -0.604. The van der Waals surface area contributed by atoms with Crippen LogP contribution >= 0.6 is 7.55 Å². The molecule has 0 amide bonds. The Morgan fingerprint density at radius 3 is 2.18 bits per heavy atom. The van der Waals surface area contributed by atoms with Gasteiger partial charge in [-0.2, -0.15) is 0 Å². The number of hydrogen-bond acceptors (Lipinski definition) is 0. The topological polar surface area (TPSA) is 0 Å². The first-order chi connectivity index (χ1) is 15.2. The van der Waals surface area contributed by atoms with Crippen LogP contribution < -0.4 is 0 Å². The number of rotatable bonds is 6. The van der Waals surface area contributed by atoms with Crippen molar-refractivity contribution in [3.8, 4) is 0 Å². The summed E-state index contributed by atoms with van der Waals surface area (Å²) in [4.78, 5) is 0. The highest BCUT2D eigenvalue weighted by molar-refractivity contribution is 7.59. The van der Waals surface area contributed by atoms with Crippen molar-refractivity contribution in [2.24, 2.45) is 28.1 Å². The van der Waals surface area contributed by atoms with Crippen LogP contribution in [0.4, 0.5) is 0 Å². The van der Waals surface area contributed by atoms with Gasteiger partial charge in [0.2, 0.25) is 0 Å². The van der Waals surface area contributed by atoms with E-state index in [1.165, 1.54) is 12.8 Å². The lowest BCUT2D eigenvalue weighted by Gasteiger charge is -2.49. The van der Waals surface area contributed by atoms with Crippen molar-refractivity contribution in [3.05, 3.63) is 48.1 Å². The summed E-state index contributed by atoms with van der Waals surface area (Å²) in [5, 5.41) is 1.78. The van der Waals surface area contributed by atoms with E-state index in [0.717, 1.165) is 24.9 Å². The molecule has 0 aromatic heterocycles. The van der Waals surface area contributed by atoms with Gasteiger partial charge in [0.25, 0.3) is 0 Å². The van der Waals surface area contributed by atoms with Crippen LogP contribution in [-0.2, 0) is 0 Å². The summed E-state index contributed by atoms with van der Waals surface area (Å²) in [5.74, 6) is 1.13. The Kier molecular flexibility index (Phi) is 11.3. The molecule has 0 N–H and O–H groups in total. The Bertz CT molecular complexity index is 787. The van der Waals surface area contributed by atoms with E-state index in [4.69, 9.17) is 0 Å². The molecule has 1 heteroatoms. The van der Waals surface area contributed by atoms with E-state index in [1.807, 2.05) is 0 Å². The molecule has 0 bridgehead atoms. The van der Waals surface area contributed by atoms with Gasteiger partial charge >= 0.3 is 0 Å². The molecule has 190 valence electrons. The van der Waals surface area contributed by atoms with E-state index in [9.17, 15) is 0 Å². The van der Waals surface area contributed by atoms with Crippen LogP contribution in [0, 0.1) is 28.1 Å². The third-order valence-electron chi connectivity index (χ3n) is 8.67. The van der Waals surface area contributed by atoms with Crippen LogP contribution in [0.25, 0.3) is 0 Å². The second-order valence-corrected chi connectivity index (χ2v) is 15.6. The van der Waals surface area contributed by atoms with Crippen LogP contribution in [-0.4, -0.2) is 17.6 Å². The van der Waals surface area contributed by atoms with Crippen LogP contribution in [0.5, 0.6) is 0 Å². The lowest BCUT2D eigenvalue weighted by atomic mass is 9.57. The molecule has 0 radical (unpaired) electrons. The van der Waals surface area contributed by atoms with Gasteiger partial charge in [-0.3, -0.25) is 0 Å². The molecule has 0 nitrogen and oxygen atoms in total. The Balaban J connectivity index is 3.85. The predicted molar refractivity (Wildman–Crippen MR) is 158 cm³/mol. The maximum atomic E-state index is 4.51. The molecule has 0 heterocycles. The molecule has 0 saturated heterocycles. The molecule has 1 rings (SSSR count). The fourth-order valence-corrected chi connectivity index (χ4v) is 8.92. The summed E-state index contributed by atoms with van der Waals surface area (Å²) in [7, 11) is -0.604. The quantitative estimate of drug-likeness (QED) is 0.266. The van der Waals surface area contributed by atoms with Gasteiger partial charge in [0, 0.05) is 10.8 Å². The first-order valence-corrected chi connectivity index (χ1v) is 15.6. The SMILES string of the molecule is C=CC(CC)(/C(CC)=[PH](/C)C(C)C)C1(C)C=CC(C)C=CC(C)(C)CC(C)C/C(C)=C(\C)C1. The maximum Gasteiger partial charge on any atom is 0.0179 e. The average Bonchev–Trinajstić information content (AvgIpc) is 2.73. The molecular weight excluding hydrogens is 415 g/mol. The lowest BCUT2D eigenvalue weighted by Crippen LogP contribution is -2.43. The van der Waals surface area contributed by atoms with E-state index >= 15 is 0 Å². The molecule has 0 fully saturated rings. The first kappa shape index (κ1) is 30.3. The highest BCUT2D eigenvalue weighted by Crippen LogP contribution is 2.54. The third-order valence-corrected chi connectivity index (χ3v) is 12.2. The molecule has 0 aliphatic heterocycles. The van der Waals surface area contributed by atoms with E-state index in [0.29, 0.717) is 11.8 Å². The standard InChI is InChI=1S/C32H57P/c1-14-29(33(13)24(4)5)32(15-2,16-3)31(12)20-18-25(6)17-19-30(10,11)22-26(7)21-27(8)28(9)23-31/h15,17-20,24-26,33H,2,14,16,21-23H2,1,3-13H3/b19-17?,20-18?,28-27+. The van der Waals surface area contributed by atoms with Gasteiger partial charge in [-0.1, -0.05) is 109 Å². The van der Waals surface area contributed by atoms with Crippen LogP contribution in [0.3, 0.4) is 0 Å². The molecule has 1 aliphatic carbocycles. The molecule has 5 unspecified atom stereocenters. The largest absolute Gasteiger partial charge is 0.118 e. The molecule has 0 saturated carbocycles. The Labute approximate surface area is 209 Å². The Morgan fingerprint density at radius 2 is 1.70 bits per heavy atom. The van der Waals surface area contributed by atoms with Crippen molar-refractivity contribution in [2.45, 2.75) is 114 Å². The summed E-state index contributed by atoms with van der Waals surface area (Å²) < 4.78 is 0. The van der Waals surface area contributed by atoms with E-state index in [-0.39, 0.29) is 16.2 Å². The lowest BCUT2D eigenvalue weighted by molar-refractivity contribution is 0.231. The van der Waals surface area contributed by atoms with Gasteiger partial charge < -0.3 is 0 Å². The Morgan fingerprint density at radius 1 is 1.12 bits per heavy atom. The van der Waals surface area contributed by atoms with Crippen molar-refractivity contribution >= 4 is 12.8 Å². The summed E-state index contributed by atoms with van der Waals surface area (Å²) in [6.07, 6.45) is 18.1. The summed E-state index contributed by atoms with van der Waals surface area (Å²) in [6, 6.07) is 0. The van der Waals surface area contributed by atoms with Crippen LogP contribution in [0.1, 0.15) is 108 Å². The van der Waals surface area contributed by atoms with Crippen molar-refractivity contribution in [1.82, 2.24) is 0 Å². The summed E-state index contributed by atoms with van der Waals surface area (Å²) in [6.45, 7) is 33.5. The molecule has 0 aromatic rings. The molecular formula is C32H57P. The molecule has 5 atom stereocenters. The minimum absolute atomic E-state index is 0.0237. The monoisotopic (exact) mass is 472 g/mol. The van der Waals surface area contributed by atoms with Crippen molar-refractivity contribution in [3.63, 3.8) is 0 Å². The van der Waals surface area contributed by atoms with Gasteiger partial charge in [0.15, 0.2) is 0 Å². The highest BCUT2D eigenvalue weighted by atomic mass is 31.1. The van der Waals surface area contributed by atoms with Gasteiger partial charge in [-0.15, -0.1) is 14.1 Å². The smallest absolute Gasteiger partial charge is 0.0179 e. The molecule has 1 aliphatic rings. The van der Waals surface area contributed by atoms with Gasteiger partial charge in [0.1, 0.15) is 0 Å². The average molecular weight is 473 g/mol. The molecule has 0 spiro atoms. The van der Waals surface area contributed by atoms with Crippen molar-refractivity contribution in [1.29, 1.82) is 0 Å². The summed E-state index contributed by atoms with van der Waals surface area (Å²) in [5.41, 5.74) is 4.20. The van der Waals surface area contributed by atoms with E-state index in [1.54, 1.807) is 16.4 Å². The van der Waals surface area contributed by atoms with Crippen LogP contribution in [0.15, 0.2) is 48.1 Å². The normalized spacial score (nSPS) is 32.3. The Hall–Kier alpha value is -0.740. The van der Waals surface area contributed by atoms with Gasteiger partial charge in [-0.25, -0.2) is 0 Å². The number of hydrogen-bond donors (Lipinski definition) is 0. The minimum Gasteiger partial charge on any atom is -0.118 e. The second kappa shape index (κ2) is 12.3.